The van der Waals surface area contributed by atoms with Crippen molar-refractivity contribution in [3.05, 3.63) is 52.5 Å². The quantitative estimate of drug-likeness (QED) is 0.918. The van der Waals surface area contributed by atoms with Crippen LogP contribution in [0.4, 0.5) is 0 Å². The molecule has 1 aliphatic rings. The van der Waals surface area contributed by atoms with Crippen molar-refractivity contribution in [3.63, 3.8) is 0 Å². The molecule has 0 saturated heterocycles. The van der Waals surface area contributed by atoms with E-state index in [9.17, 15) is 5.11 Å². The Labute approximate surface area is 118 Å². The Hall–Kier alpha value is -1.19. The van der Waals surface area contributed by atoms with Crippen LogP contribution in [0.15, 0.2) is 41.9 Å². The van der Waals surface area contributed by atoms with Gasteiger partial charge in [-0.3, -0.25) is 0 Å². The molecule has 100 valence electrons. The number of rotatable bonds is 3. The van der Waals surface area contributed by atoms with Gasteiger partial charge < -0.3 is 5.11 Å². The smallest absolute Gasteiger partial charge is 0.144 e. The second-order valence-corrected chi connectivity index (χ2v) is 6.20. The largest absolute Gasteiger partial charge is 0.378 e. The third kappa shape index (κ3) is 2.33. The average molecular weight is 273 g/mol. The van der Waals surface area contributed by atoms with E-state index in [1.165, 1.54) is 19.3 Å². The zero-order valence-electron chi connectivity index (χ0n) is 11.0. The SMILES string of the molecule is OC(c1ccccc1)(c1nccs1)C1CCCCC1. The van der Waals surface area contributed by atoms with Gasteiger partial charge >= 0.3 is 0 Å². The molecular weight excluding hydrogens is 254 g/mol. The van der Waals surface area contributed by atoms with Gasteiger partial charge in [0.1, 0.15) is 10.6 Å². The highest BCUT2D eigenvalue weighted by Crippen LogP contribution is 2.44. The molecule has 2 nitrogen and oxygen atoms in total. The van der Waals surface area contributed by atoms with Crippen LogP contribution in [-0.4, -0.2) is 10.1 Å². The molecular formula is C16H19NOS. The summed E-state index contributed by atoms with van der Waals surface area (Å²) in [6.07, 6.45) is 7.68. The van der Waals surface area contributed by atoms with Crippen LogP contribution in [0.5, 0.6) is 0 Å². The Balaban J connectivity index is 2.05. The summed E-state index contributed by atoms with van der Waals surface area (Å²) in [4.78, 5) is 4.41. The number of benzene rings is 1. The van der Waals surface area contributed by atoms with E-state index >= 15 is 0 Å². The lowest BCUT2D eigenvalue weighted by Gasteiger charge is -2.37. The summed E-state index contributed by atoms with van der Waals surface area (Å²) in [5.74, 6) is 0.287. The normalized spacial score (nSPS) is 20.1. The molecule has 1 unspecified atom stereocenters. The van der Waals surface area contributed by atoms with Crippen LogP contribution >= 0.6 is 11.3 Å². The van der Waals surface area contributed by atoms with E-state index in [1.807, 2.05) is 35.7 Å². The molecule has 1 heterocycles. The zero-order valence-corrected chi connectivity index (χ0v) is 11.8. The van der Waals surface area contributed by atoms with Crippen LogP contribution in [0.2, 0.25) is 0 Å². The molecule has 0 bridgehead atoms. The highest BCUT2D eigenvalue weighted by molar-refractivity contribution is 7.09. The van der Waals surface area contributed by atoms with Gasteiger partial charge in [-0.1, -0.05) is 49.6 Å². The molecule has 0 amide bonds. The highest BCUT2D eigenvalue weighted by atomic mass is 32.1. The first-order chi connectivity index (χ1) is 9.32. The number of thiazole rings is 1. The van der Waals surface area contributed by atoms with Gasteiger partial charge in [0, 0.05) is 11.6 Å². The minimum atomic E-state index is -0.907. The Morgan fingerprint density at radius 1 is 1.11 bits per heavy atom. The molecule has 0 spiro atoms. The third-order valence-electron chi connectivity index (χ3n) is 4.17. The van der Waals surface area contributed by atoms with Crippen molar-refractivity contribution in [1.29, 1.82) is 0 Å². The monoisotopic (exact) mass is 273 g/mol. The van der Waals surface area contributed by atoms with Crippen molar-refractivity contribution in [1.82, 2.24) is 4.98 Å². The van der Waals surface area contributed by atoms with Crippen molar-refractivity contribution >= 4 is 11.3 Å². The summed E-state index contributed by atoms with van der Waals surface area (Å²) < 4.78 is 0. The zero-order chi connectivity index (χ0) is 13.1. The molecule has 19 heavy (non-hydrogen) atoms. The fourth-order valence-corrected chi connectivity index (χ4v) is 3.99. The lowest BCUT2D eigenvalue weighted by Crippen LogP contribution is -2.37. The molecule has 1 aromatic heterocycles. The summed E-state index contributed by atoms with van der Waals surface area (Å²) in [5.41, 5.74) is 0.0763. The molecule has 3 heteroatoms. The second kappa shape index (κ2) is 5.43. The topological polar surface area (TPSA) is 33.1 Å². The molecule has 1 aliphatic carbocycles. The Bertz CT molecular complexity index is 505. The Kier molecular flexibility index (Phi) is 3.67. The van der Waals surface area contributed by atoms with Gasteiger partial charge in [0.05, 0.1) is 0 Å². The molecule has 0 radical (unpaired) electrons. The van der Waals surface area contributed by atoms with E-state index < -0.39 is 5.60 Å². The van der Waals surface area contributed by atoms with Crippen LogP contribution in [-0.2, 0) is 5.60 Å². The van der Waals surface area contributed by atoms with Gasteiger partial charge in [-0.2, -0.15) is 0 Å². The summed E-state index contributed by atoms with van der Waals surface area (Å²) in [6, 6.07) is 10.0. The van der Waals surface area contributed by atoms with Gasteiger partial charge in [-0.05, 0) is 24.3 Å². The lowest BCUT2D eigenvalue weighted by atomic mass is 9.73. The van der Waals surface area contributed by atoms with Crippen LogP contribution in [0.25, 0.3) is 0 Å². The van der Waals surface area contributed by atoms with Gasteiger partial charge in [-0.25, -0.2) is 4.98 Å². The van der Waals surface area contributed by atoms with E-state index in [0.29, 0.717) is 0 Å². The molecule has 1 saturated carbocycles. The maximum atomic E-state index is 11.4. The van der Waals surface area contributed by atoms with E-state index in [0.717, 1.165) is 23.4 Å². The van der Waals surface area contributed by atoms with E-state index in [-0.39, 0.29) is 5.92 Å². The third-order valence-corrected chi connectivity index (χ3v) is 5.07. The van der Waals surface area contributed by atoms with Crippen molar-refractivity contribution < 1.29 is 5.11 Å². The van der Waals surface area contributed by atoms with Crippen molar-refractivity contribution in [2.24, 2.45) is 5.92 Å². The highest BCUT2D eigenvalue weighted by Gasteiger charge is 2.42. The number of aromatic nitrogens is 1. The summed E-state index contributed by atoms with van der Waals surface area (Å²) >= 11 is 1.56. The summed E-state index contributed by atoms with van der Waals surface area (Å²) in [7, 11) is 0. The van der Waals surface area contributed by atoms with Gasteiger partial charge in [0.25, 0.3) is 0 Å². The van der Waals surface area contributed by atoms with Crippen LogP contribution < -0.4 is 0 Å². The van der Waals surface area contributed by atoms with Crippen LogP contribution in [0.1, 0.15) is 42.7 Å². The molecule has 1 atom stereocenters. The summed E-state index contributed by atoms with van der Waals surface area (Å²) in [5, 5.41) is 14.2. The molecule has 1 N–H and O–H groups in total. The maximum absolute atomic E-state index is 11.4. The fraction of sp³-hybridized carbons (Fsp3) is 0.438. The molecule has 0 aliphatic heterocycles. The van der Waals surface area contributed by atoms with Crippen LogP contribution in [0, 0.1) is 5.92 Å². The average Bonchev–Trinajstić information content (AvgIpc) is 3.03. The van der Waals surface area contributed by atoms with Crippen molar-refractivity contribution in [2.45, 2.75) is 37.7 Å². The Morgan fingerprint density at radius 2 is 1.84 bits per heavy atom. The number of nitrogens with zero attached hydrogens (tertiary/aromatic N) is 1. The van der Waals surface area contributed by atoms with Crippen LogP contribution in [0.3, 0.4) is 0 Å². The fourth-order valence-electron chi connectivity index (χ4n) is 3.16. The first kappa shape index (κ1) is 12.8. The molecule has 1 aromatic carbocycles. The maximum Gasteiger partial charge on any atom is 0.144 e. The number of aliphatic hydroxyl groups is 1. The van der Waals surface area contributed by atoms with E-state index in [2.05, 4.69) is 4.98 Å². The predicted octanol–water partition coefficient (Wildman–Crippen LogP) is 3.96. The number of hydrogen-bond acceptors (Lipinski definition) is 3. The first-order valence-corrected chi connectivity index (χ1v) is 7.87. The molecule has 3 rings (SSSR count). The van der Waals surface area contributed by atoms with Crippen molar-refractivity contribution in [2.75, 3.05) is 0 Å². The molecule has 2 aromatic rings. The minimum absolute atomic E-state index is 0.287. The van der Waals surface area contributed by atoms with Gasteiger partial charge in [0.2, 0.25) is 0 Å². The van der Waals surface area contributed by atoms with Crippen molar-refractivity contribution in [3.8, 4) is 0 Å². The summed E-state index contributed by atoms with van der Waals surface area (Å²) in [6.45, 7) is 0. The first-order valence-electron chi connectivity index (χ1n) is 6.99. The van der Waals surface area contributed by atoms with E-state index in [1.54, 1.807) is 17.5 Å². The minimum Gasteiger partial charge on any atom is -0.378 e. The predicted molar refractivity (Wildman–Crippen MR) is 78.1 cm³/mol. The Morgan fingerprint density at radius 3 is 2.47 bits per heavy atom. The second-order valence-electron chi connectivity index (χ2n) is 5.30. The van der Waals surface area contributed by atoms with E-state index in [4.69, 9.17) is 0 Å². The molecule has 1 fully saturated rings. The number of hydrogen-bond donors (Lipinski definition) is 1. The van der Waals surface area contributed by atoms with Gasteiger partial charge in [0.15, 0.2) is 0 Å². The standard InChI is InChI=1S/C16H19NOS/c18-16(15-17-11-12-19-15,13-7-3-1-4-8-13)14-9-5-2-6-10-14/h1,3-4,7-8,11-12,14,18H,2,5-6,9-10H2. The van der Waals surface area contributed by atoms with Gasteiger partial charge in [-0.15, -0.1) is 11.3 Å². The lowest BCUT2D eigenvalue weighted by molar-refractivity contribution is -0.000882.